The number of halogens is 1. The monoisotopic (exact) mass is 380 g/mol. The zero-order chi connectivity index (χ0) is 19.5. The fourth-order valence-electron chi connectivity index (χ4n) is 4.93. The van der Waals surface area contributed by atoms with Gasteiger partial charge < -0.3 is 14.5 Å². The molecule has 3 fully saturated rings. The van der Waals surface area contributed by atoms with Gasteiger partial charge in [-0.1, -0.05) is 30.3 Å². The topological polar surface area (TPSA) is 49.9 Å². The lowest BCUT2D eigenvalue weighted by molar-refractivity contribution is -0.138. The Morgan fingerprint density at radius 3 is 2.75 bits per heavy atom. The van der Waals surface area contributed by atoms with Crippen molar-refractivity contribution < 1.29 is 18.7 Å². The lowest BCUT2D eigenvalue weighted by atomic mass is 10.0. The van der Waals surface area contributed by atoms with Crippen LogP contribution in [0.4, 0.5) is 4.39 Å². The van der Waals surface area contributed by atoms with E-state index in [0.717, 1.165) is 5.56 Å². The molecular formula is C22H21FN2O3. The quantitative estimate of drug-likeness (QED) is 0.805. The predicted octanol–water partition coefficient (Wildman–Crippen LogP) is 3.05. The molecule has 28 heavy (non-hydrogen) atoms. The normalized spacial score (nSPS) is 28.6. The smallest absolute Gasteiger partial charge is 0.254 e. The average Bonchev–Trinajstić information content (AvgIpc) is 3.31. The van der Waals surface area contributed by atoms with Crippen LogP contribution in [-0.2, 0) is 9.53 Å². The predicted molar refractivity (Wildman–Crippen MR) is 99.9 cm³/mol. The molecule has 3 aliphatic rings. The Hall–Kier alpha value is -2.73. The third-order valence-corrected chi connectivity index (χ3v) is 6.28. The number of rotatable bonds is 2. The van der Waals surface area contributed by atoms with E-state index in [1.54, 1.807) is 11.8 Å². The first-order valence-corrected chi connectivity index (χ1v) is 9.60. The number of benzene rings is 2. The second kappa shape index (κ2) is 6.14. The van der Waals surface area contributed by atoms with E-state index in [-0.39, 0.29) is 36.2 Å². The maximum absolute atomic E-state index is 13.4. The molecule has 144 valence electrons. The molecule has 0 unspecified atom stereocenters. The summed E-state index contributed by atoms with van der Waals surface area (Å²) in [5.41, 5.74) is 1.36. The number of carbonyl (C=O) groups is 2. The van der Waals surface area contributed by atoms with Gasteiger partial charge in [-0.3, -0.25) is 9.59 Å². The molecule has 5 rings (SSSR count). The van der Waals surface area contributed by atoms with Crippen LogP contribution in [0.25, 0.3) is 0 Å². The summed E-state index contributed by atoms with van der Waals surface area (Å²) in [5, 5.41) is 0. The van der Waals surface area contributed by atoms with E-state index in [1.165, 1.54) is 18.2 Å². The number of aryl methyl sites for hydroxylation is 1. The fraction of sp³-hybridized carbons (Fsp3) is 0.364. The molecule has 3 saturated heterocycles. The van der Waals surface area contributed by atoms with Crippen molar-refractivity contribution in [3.8, 4) is 0 Å². The molecule has 2 aromatic rings. The van der Waals surface area contributed by atoms with Crippen molar-refractivity contribution in [1.82, 2.24) is 9.80 Å². The van der Waals surface area contributed by atoms with Crippen LogP contribution in [0.2, 0.25) is 0 Å². The minimum absolute atomic E-state index is 0.0248. The summed E-state index contributed by atoms with van der Waals surface area (Å²) in [6.45, 7) is 2.76. The SMILES string of the molecule is Cc1cc(F)ccc1C(=O)N1CC[C@@]23O[C@@H](c4ccccc4)CN2C(=O)C[C@@H]13. The van der Waals surface area contributed by atoms with Crippen molar-refractivity contribution >= 4 is 11.8 Å². The van der Waals surface area contributed by atoms with Gasteiger partial charge in [-0.05, 0) is 36.2 Å². The van der Waals surface area contributed by atoms with Crippen molar-refractivity contribution in [3.05, 3.63) is 71.0 Å². The highest BCUT2D eigenvalue weighted by atomic mass is 19.1. The van der Waals surface area contributed by atoms with Gasteiger partial charge in [-0.2, -0.15) is 0 Å². The molecule has 3 heterocycles. The summed E-state index contributed by atoms with van der Waals surface area (Å²) >= 11 is 0. The number of ether oxygens (including phenoxy) is 1. The summed E-state index contributed by atoms with van der Waals surface area (Å²) in [6.07, 6.45) is 0.683. The minimum atomic E-state index is -0.749. The van der Waals surface area contributed by atoms with Gasteiger partial charge >= 0.3 is 0 Å². The zero-order valence-corrected chi connectivity index (χ0v) is 15.6. The van der Waals surface area contributed by atoms with Gasteiger partial charge in [0, 0.05) is 18.5 Å². The van der Waals surface area contributed by atoms with E-state index >= 15 is 0 Å². The van der Waals surface area contributed by atoms with Crippen LogP contribution in [0.3, 0.4) is 0 Å². The summed E-state index contributed by atoms with van der Waals surface area (Å²) in [4.78, 5) is 29.5. The van der Waals surface area contributed by atoms with Gasteiger partial charge in [0.15, 0.2) is 5.72 Å². The number of hydrogen-bond donors (Lipinski definition) is 0. The number of carbonyl (C=O) groups excluding carboxylic acids is 2. The first-order valence-electron chi connectivity index (χ1n) is 9.60. The second-order valence-corrected chi connectivity index (χ2v) is 7.79. The molecule has 2 aromatic carbocycles. The highest BCUT2D eigenvalue weighted by molar-refractivity contribution is 5.97. The van der Waals surface area contributed by atoms with Crippen LogP contribution in [0.5, 0.6) is 0 Å². The van der Waals surface area contributed by atoms with Gasteiger partial charge in [0.1, 0.15) is 11.9 Å². The van der Waals surface area contributed by atoms with Gasteiger partial charge in [0.05, 0.1) is 19.0 Å². The Labute approximate surface area is 162 Å². The summed E-state index contributed by atoms with van der Waals surface area (Å²) < 4.78 is 19.9. The van der Waals surface area contributed by atoms with Gasteiger partial charge in [0.2, 0.25) is 5.91 Å². The highest BCUT2D eigenvalue weighted by Crippen LogP contribution is 2.50. The fourth-order valence-corrected chi connectivity index (χ4v) is 4.93. The van der Waals surface area contributed by atoms with E-state index in [2.05, 4.69) is 0 Å². The minimum Gasteiger partial charge on any atom is -0.343 e. The molecule has 0 N–H and O–H groups in total. The second-order valence-electron chi connectivity index (χ2n) is 7.79. The van der Waals surface area contributed by atoms with Crippen molar-refractivity contribution in [3.63, 3.8) is 0 Å². The zero-order valence-electron chi connectivity index (χ0n) is 15.6. The Bertz CT molecular complexity index is 964. The number of likely N-dealkylation sites (tertiary alicyclic amines) is 1. The van der Waals surface area contributed by atoms with E-state index in [0.29, 0.717) is 30.6 Å². The Balaban J connectivity index is 1.45. The van der Waals surface area contributed by atoms with Crippen LogP contribution in [-0.4, -0.2) is 46.5 Å². The molecule has 2 amide bonds. The maximum Gasteiger partial charge on any atom is 0.254 e. The third-order valence-electron chi connectivity index (χ3n) is 6.28. The van der Waals surface area contributed by atoms with Crippen LogP contribution in [0, 0.1) is 12.7 Å². The number of amides is 2. The summed E-state index contributed by atoms with van der Waals surface area (Å²) in [5.74, 6) is -0.503. The summed E-state index contributed by atoms with van der Waals surface area (Å²) in [7, 11) is 0. The average molecular weight is 380 g/mol. The Kier molecular flexibility index (Phi) is 3.81. The molecular weight excluding hydrogens is 359 g/mol. The molecule has 0 radical (unpaired) electrons. The van der Waals surface area contributed by atoms with E-state index in [9.17, 15) is 14.0 Å². The van der Waals surface area contributed by atoms with E-state index in [4.69, 9.17) is 4.74 Å². The number of hydrogen-bond acceptors (Lipinski definition) is 3. The molecule has 0 aromatic heterocycles. The van der Waals surface area contributed by atoms with Crippen molar-refractivity contribution in [2.45, 2.75) is 37.6 Å². The van der Waals surface area contributed by atoms with Crippen molar-refractivity contribution in [2.75, 3.05) is 13.1 Å². The first kappa shape index (κ1) is 17.4. The highest BCUT2D eigenvalue weighted by Gasteiger charge is 2.65. The molecule has 0 saturated carbocycles. The molecule has 0 aliphatic carbocycles. The Morgan fingerprint density at radius 2 is 2.00 bits per heavy atom. The van der Waals surface area contributed by atoms with Crippen molar-refractivity contribution in [1.29, 1.82) is 0 Å². The lowest BCUT2D eigenvalue weighted by Gasteiger charge is -2.32. The van der Waals surface area contributed by atoms with Gasteiger partial charge in [-0.25, -0.2) is 4.39 Å². The third kappa shape index (κ3) is 2.41. The van der Waals surface area contributed by atoms with Crippen LogP contribution < -0.4 is 0 Å². The number of nitrogens with zero attached hydrogens (tertiary/aromatic N) is 2. The molecule has 6 heteroatoms. The van der Waals surface area contributed by atoms with Crippen LogP contribution in [0.1, 0.15) is 40.4 Å². The van der Waals surface area contributed by atoms with Gasteiger partial charge in [-0.15, -0.1) is 0 Å². The molecule has 3 aliphatic heterocycles. The molecule has 5 nitrogen and oxygen atoms in total. The Morgan fingerprint density at radius 1 is 1.21 bits per heavy atom. The van der Waals surface area contributed by atoms with E-state index in [1.807, 2.05) is 35.2 Å². The standard InChI is InChI=1S/C22H21FN2O3/c1-14-11-16(23)7-8-17(14)21(27)24-10-9-22-19(24)12-20(26)25(22)13-18(28-22)15-5-3-2-4-6-15/h2-8,11,18-19H,9-10,12-13H2,1H3/t18-,19-,22+/m1/s1. The molecule has 3 atom stereocenters. The molecule has 0 bridgehead atoms. The summed E-state index contributed by atoms with van der Waals surface area (Å²) in [6, 6.07) is 13.7. The van der Waals surface area contributed by atoms with Crippen LogP contribution >= 0.6 is 0 Å². The first-order chi connectivity index (χ1) is 13.5. The van der Waals surface area contributed by atoms with Crippen LogP contribution in [0.15, 0.2) is 48.5 Å². The van der Waals surface area contributed by atoms with E-state index < -0.39 is 5.72 Å². The van der Waals surface area contributed by atoms with Crippen molar-refractivity contribution in [2.24, 2.45) is 0 Å². The van der Waals surface area contributed by atoms with Gasteiger partial charge in [0.25, 0.3) is 5.91 Å². The largest absolute Gasteiger partial charge is 0.343 e. The molecule has 1 spiro atoms. The lowest BCUT2D eigenvalue weighted by Crippen LogP contribution is -2.48. The maximum atomic E-state index is 13.4.